The van der Waals surface area contributed by atoms with E-state index >= 15 is 0 Å². The molecule has 2 aliphatic heterocycles. The molecule has 2 aromatic carbocycles. The molecule has 0 aromatic heterocycles. The molecule has 2 amide bonds. The summed E-state index contributed by atoms with van der Waals surface area (Å²) in [6.07, 6.45) is 0.490. The number of nitrogens with zero attached hydrogens (tertiary/aromatic N) is 1. The van der Waals surface area contributed by atoms with Gasteiger partial charge in [-0.15, -0.1) is 0 Å². The lowest BCUT2D eigenvalue weighted by Gasteiger charge is -2.32. The second kappa shape index (κ2) is 8.25. The zero-order valence-electron chi connectivity index (χ0n) is 16.0. The van der Waals surface area contributed by atoms with Crippen LogP contribution in [0.15, 0.2) is 53.4 Å². The SMILES string of the molecule is O=C(CCNS(=O)(=O)c1cccc(Cl)c1)NC1CC2C(=O)Nc3ccccc3N2C1. The van der Waals surface area contributed by atoms with E-state index in [-0.39, 0.29) is 41.8 Å². The largest absolute Gasteiger partial charge is 0.356 e. The molecule has 0 radical (unpaired) electrons. The summed E-state index contributed by atoms with van der Waals surface area (Å²) < 4.78 is 27.0. The number of para-hydroxylation sites is 2. The van der Waals surface area contributed by atoms with Crippen LogP contribution in [0.1, 0.15) is 12.8 Å². The highest BCUT2D eigenvalue weighted by atomic mass is 35.5. The number of benzene rings is 2. The van der Waals surface area contributed by atoms with Crippen LogP contribution in [0, 0.1) is 0 Å². The zero-order chi connectivity index (χ0) is 21.3. The first-order chi connectivity index (χ1) is 14.3. The molecule has 2 aromatic rings. The molecule has 158 valence electrons. The Morgan fingerprint density at radius 3 is 2.80 bits per heavy atom. The molecular formula is C20H21ClN4O4S. The smallest absolute Gasteiger partial charge is 0.247 e. The summed E-state index contributed by atoms with van der Waals surface area (Å²) in [6, 6.07) is 13.0. The Labute approximate surface area is 179 Å². The molecule has 8 nitrogen and oxygen atoms in total. The van der Waals surface area contributed by atoms with Crippen molar-refractivity contribution in [1.29, 1.82) is 0 Å². The molecule has 1 fully saturated rings. The minimum atomic E-state index is -3.74. The van der Waals surface area contributed by atoms with Crippen molar-refractivity contribution in [1.82, 2.24) is 10.0 Å². The average molecular weight is 449 g/mol. The monoisotopic (exact) mass is 448 g/mol. The number of anilines is 2. The van der Waals surface area contributed by atoms with Gasteiger partial charge in [-0.25, -0.2) is 13.1 Å². The van der Waals surface area contributed by atoms with Crippen LogP contribution in [-0.4, -0.2) is 45.4 Å². The second-order valence-electron chi connectivity index (χ2n) is 7.28. The van der Waals surface area contributed by atoms with Crippen LogP contribution >= 0.6 is 11.6 Å². The second-order valence-corrected chi connectivity index (χ2v) is 9.48. The van der Waals surface area contributed by atoms with Crippen molar-refractivity contribution in [2.45, 2.75) is 29.8 Å². The molecule has 30 heavy (non-hydrogen) atoms. The van der Waals surface area contributed by atoms with Crippen molar-refractivity contribution >= 4 is 44.8 Å². The Hall–Kier alpha value is -2.62. The minimum absolute atomic E-state index is 0.0102. The molecule has 2 aliphatic rings. The molecule has 0 saturated carbocycles. The van der Waals surface area contributed by atoms with Crippen molar-refractivity contribution in [3.8, 4) is 0 Å². The number of sulfonamides is 1. The summed E-state index contributed by atoms with van der Waals surface area (Å²) in [5, 5.41) is 6.12. The summed E-state index contributed by atoms with van der Waals surface area (Å²) in [5.74, 6) is -0.359. The van der Waals surface area contributed by atoms with E-state index in [1.807, 2.05) is 29.2 Å². The number of nitrogens with one attached hydrogen (secondary N) is 3. The molecule has 0 bridgehead atoms. The van der Waals surface area contributed by atoms with E-state index in [4.69, 9.17) is 11.6 Å². The maximum atomic E-state index is 12.4. The van der Waals surface area contributed by atoms with Crippen molar-refractivity contribution < 1.29 is 18.0 Å². The van der Waals surface area contributed by atoms with Crippen molar-refractivity contribution in [3.63, 3.8) is 0 Å². The van der Waals surface area contributed by atoms with Crippen LogP contribution in [-0.2, 0) is 19.6 Å². The van der Waals surface area contributed by atoms with Crippen LogP contribution in [0.4, 0.5) is 11.4 Å². The van der Waals surface area contributed by atoms with Gasteiger partial charge in [-0.05, 0) is 36.8 Å². The Balaban J connectivity index is 1.31. The van der Waals surface area contributed by atoms with Gasteiger partial charge in [0.1, 0.15) is 6.04 Å². The first-order valence-electron chi connectivity index (χ1n) is 9.54. The molecule has 2 atom stereocenters. The van der Waals surface area contributed by atoms with Crippen molar-refractivity contribution in [2.75, 3.05) is 23.3 Å². The van der Waals surface area contributed by atoms with Gasteiger partial charge in [0, 0.05) is 30.6 Å². The van der Waals surface area contributed by atoms with E-state index in [1.54, 1.807) is 12.1 Å². The molecule has 1 saturated heterocycles. The van der Waals surface area contributed by atoms with E-state index in [1.165, 1.54) is 12.1 Å². The van der Waals surface area contributed by atoms with Gasteiger partial charge in [-0.3, -0.25) is 9.59 Å². The quantitative estimate of drug-likeness (QED) is 0.623. The molecule has 0 spiro atoms. The van der Waals surface area contributed by atoms with Gasteiger partial charge >= 0.3 is 0 Å². The van der Waals surface area contributed by atoms with Crippen LogP contribution < -0.4 is 20.3 Å². The lowest BCUT2D eigenvalue weighted by molar-refractivity contribution is -0.122. The fourth-order valence-electron chi connectivity index (χ4n) is 3.82. The number of carbonyl (C=O) groups excluding carboxylic acids is 2. The number of halogens is 1. The average Bonchev–Trinajstić information content (AvgIpc) is 3.12. The predicted octanol–water partition coefficient (Wildman–Crippen LogP) is 1.72. The predicted molar refractivity (Wildman–Crippen MR) is 114 cm³/mol. The highest BCUT2D eigenvalue weighted by Crippen LogP contribution is 2.36. The Morgan fingerprint density at radius 1 is 1.20 bits per heavy atom. The molecule has 0 aliphatic carbocycles. The van der Waals surface area contributed by atoms with E-state index in [2.05, 4.69) is 15.4 Å². The van der Waals surface area contributed by atoms with Crippen molar-refractivity contribution in [2.24, 2.45) is 0 Å². The summed E-state index contributed by atoms with van der Waals surface area (Å²) in [4.78, 5) is 26.7. The lowest BCUT2D eigenvalue weighted by Crippen LogP contribution is -2.44. The first kappa shape index (κ1) is 20.6. The van der Waals surface area contributed by atoms with E-state index in [0.717, 1.165) is 11.4 Å². The summed E-state index contributed by atoms with van der Waals surface area (Å²) in [6.45, 7) is 0.485. The van der Waals surface area contributed by atoms with Crippen LogP contribution in [0.3, 0.4) is 0 Å². The van der Waals surface area contributed by atoms with E-state index < -0.39 is 10.0 Å². The van der Waals surface area contributed by atoms with Gasteiger partial charge in [0.15, 0.2) is 0 Å². The summed E-state index contributed by atoms with van der Waals surface area (Å²) >= 11 is 5.84. The Kier molecular flexibility index (Phi) is 5.68. The van der Waals surface area contributed by atoms with Crippen LogP contribution in [0.2, 0.25) is 5.02 Å². The molecule has 4 rings (SSSR count). The lowest BCUT2D eigenvalue weighted by atomic mass is 10.1. The summed E-state index contributed by atoms with van der Waals surface area (Å²) in [5.41, 5.74) is 1.70. The number of carbonyl (C=O) groups is 2. The third-order valence-electron chi connectivity index (χ3n) is 5.19. The van der Waals surface area contributed by atoms with E-state index in [0.29, 0.717) is 18.0 Å². The Bertz CT molecular complexity index is 1090. The maximum absolute atomic E-state index is 12.4. The number of hydrogen-bond donors (Lipinski definition) is 3. The minimum Gasteiger partial charge on any atom is -0.356 e. The normalized spacial score (nSPS) is 20.3. The standard InChI is InChI=1S/C20H21ClN4O4S/c21-13-4-3-5-15(10-13)30(28,29)22-9-8-19(26)23-14-11-18-20(27)24-16-6-1-2-7-17(16)25(18)12-14/h1-7,10,14,18,22H,8-9,11-12H2,(H,23,26)(H,24,27). The van der Waals surface area contributed by atoms with Gasteiger partial charge in [0.25, 0.3) is 0 Å². The Morgan fingerprint density at radius 2 is 2.00 bits per heavy atom. The molecule has 3 N–H and O–H groups in total. The molecule has 2 unspecified atom stereocenters. The highest BCUT2D eigenvalue weighted by molar-refractivity contribution is 7.89. The molecule has 2 heterocycles. The maximum Gasteiger partial charge on any atom is 0.247 e. The van der Waals surface area contributed by atoms with Gasteiger partial charge in [0.2, 0.25) is 21.8 Å². The fraction of sp³-hybridized carbons (Fsp3) is 0.300. The van der Waals surface area contributed by atoms with Gasteiger partial charge in [-0.2, -0.15) is 0 Å². The number of amides is 2. The van der Waals surface area contributed by atoms with Gasteiger partial charge in [0.05, 0.1) is 16.3 Å². The topological polar surface area (TPSA) is 108 Å². The zero-order valence-corrected chi connectivity index (χ0v) is 17.5. The summed E-state index contributed by atoms with van der Waals surface area (Å²) in [7, 11) is -3.74. The third kappa shape index (κ3) is 4.28. The van der Waals surface area contributed by atoms with Gasteiger partial charge < -0.3 is 15.5 Å². The van der Waals surface area contributed by atoms with Crippen LogP contribution in [0.25, 0.3) is 0 Å². The number of fused-ring (bicyclic) bond motifs is 3. The third-order valence-corrected chi connectivity index (χ3v) is 6.88. The number of hydrogen-bond acceptors (Lipinski definition) is 5. The fourth-order valence-corrected chi connectivity index (χ4v) is 5.15. The number of rotatable bonds is 6. The van der Waals surface area contributed by atoms with Gasteiger partial charge in [-0.1, -0.05) is 29.8 Å². The highest BCUT2D eigenvalue weighted by Gasteiger charge is 2.41. The molecule has 10 heteroatoms. The first-order valence-corrected chi connectivity index (χ1v) is 11.4. The van der Waals surface area contributed by atoms with E-state index in [9.17, 15) is 18.0 Å². The van der Waals surface area contributed by atoms with Crippen LogP contribution in [0.5, 0.6) is 0 Å². The van der Waals surface area contributed by atoms with Crippen molar-refractivity contribution in [3.05, 3.63) is 53.6 Å². The molecular weight excluding hydrogens is 428 g/mol.